The Kier molecular flexibility index (Phi) is 3.79. The molecule has 0 saturated heterocycles. The van der Waals surface area contributed by atoms with Crippen LogP contribution >= 0.6 is 0 Å². The van der Waals surface area contributed by atoms with E-state index in [4.69, 9.17) is 9.26 Å². The van der Waals surface area contributed by atoms with Crippen LogP contribution in [0.4, 0.5) is 0 Å². The van der Waals surface area contributed by atoms with E-state index in [1.165, 1.54) is 12.8 Å². The summed E-state index contributed by atoms with van der Waals surface area (Å²) < 4.78 is 10.9. The Labute approximate surface area is 102 Å². The van der Waals surface area contributed by atoms with Crippen LogP contribution in [0.5, 0.6) is 0 Å². The van der Waals surface area contributed by atoms with Crippen LogP contribution in [0.3, 0.4) is 0 Å². The van der Waals surface area contributed by atoms with Crippen molar-refractivity contribution in [2.24, 2.45) is 0 Å². The molecular weight excluding hydrogens is 218 g/mol. The second-order valence-electron chi connectivity index (χ2n) is 4.81. The number of rotatable bonds is 5. The van der Waals surface area contributed by atoms with Crippen LogP contribution in [0.1, 0.15) is 44.3 Å². The lowest BCUT2D eigenvalue weighted by molar-refractivity contribution is -0.0178. The molecule has 5 nitrogen and oxygen atoms in total. The molecule has 1 heterocycles. The Balaban J connectivity index is 2.11. The van der Waals surface area contributed by atoms with Gasteiger partial charge in [-0.3, -0.25) is 0 Å². The van der Waals surface area contributed by atoms with Crippen molar-refractivity contribution in [2.45, 2.75) is 50.7 Å². The summed E-state index contributed by atoms with van der Waals surface area (Å²) in [6.45, 7) is 2.09. The summed E-state index contributed by atoms with van der Waals surface area (Å²) in [6.07, 6.45) is 5.08. The summed E-state index contributed by atoms with van der Waals surface area (Å²) in [5.41, 5.74) is -0.301. The van der Waals surface area contributed by atoms with E-state index in [0.717, 1.165) is 25.1 Å². The number of likely N-dealkylation sites (N-methyl/N-ethyl adjacent to an activating group) is 1. The molecular formula is C12H21N3O2. The molecule has 96 valence electrons. The first-order valence-corrected chi connectivity index (χ1v) is 6.25. The standard InChI is InChI=1S/C12H21N3O2/c1-9(13-2)8-10-14-11(15-17-10)12(16-3)6-4-5-7-12/h9,13H,4-8H2,1-3H3. The number of ether oxygens (including phenoxy) is 1. The molecule has 1 saturated carbocycles. The van der Waals surface area contributed by atoms with Gasteiger partial charge in [0.05, 0.1) is 0 Å². The molecule has 1 fully saturated rings. The fourth-order valence-electron chi connectivity index (χ4n) is 2.35. The van der Waals surface area contributed by atoms with E-state index in [1.54, 1.807) is 7.11 Å². The minimum absolute atomic E-state index is 0.301. The van der Waals surface area contributed by atoms with Crippen LogP contribution in [0, 0.1) is 0 Å². The first-order chi connectivity index (χ1) is 8.20. The van der Waals surface area contributed by atoms with Crippen molar-refractivity contribution >= 4 is 0 Å². The molecule has 5 heteroatoms. The summed E-state index contributed by atoms with van der Waals surface area (Å²) in [6, 6.07) is 0.338. The van der Waals surface area contributed by atoms with E-state index in [1.807, 2.05) is 7.05 Å². The van der Waals surface area contributed by atoms with Gasteiger partial charge in [-0.25, -0.2) is 0 Å². The molecule has 1 unspecified atom stereocenters. The minimum Gasteiger partial charge on any atom is -0.370 e. The van der Waals surface area contributed by atoms with Crippen LogP contribution in [-0.2, 0) is 16.8 Å². The zero-order chi connectivity index (χ0) is 12.3. The fraction of sp³-hybridized carbons (Fsp3) is 0.833. The van der Waals surface area contributed by atoms with Crippen molar-refractivity contribution in [1.82, 2.24) is 15.5 Å². The SMILES string of the molecule is CNC(C)Cc1nc(C2(OC)CCCC2)no1. The molecule has 1 aromatic rings. The Morgan fingerprint density at radius 3 is 2.76 bits per heavy atom. The summed E-state index contributed by atoms with van der Waals surface area (Å²) in [5, 5.41) is 7.25. The average Bonchev–Trinajstić information content (AvgIpc) is 2.97. The predicted molar refractivity (Wildman–Crippen MR) is 63.7 cm³/mol. The molecule has 1 aliphatic rings. The molecule has 0 spiro atoms. The third kappa shape index (κ3) is 2.50. The third-order valence-corrected chi connectivity index (χ3v) is 3.65. The maximum atomic E-state index is 5.63. The number of hydrogen-bond acceptors (Lipinski definition) is 5. The van der Waals surface area contributed by atoms with Crippen molar-refractivity contribution in [1.29, 1.82) is 0 Å². The van der Waals surface area contributed by atoms with Gasteiger partial charge in [-0.2, -0.15) is 4.98 Å². The highest BCUT2D eigenvalue weighted by Crippen LogP contribution is 2.40. The zero-order valence-electron chi connectivity index (χ0n) is 10.8. The molecule has 17 heavy (non-hydrogen) atoms. The number of methoxy groups -OCH3 is 1. The molecule has 0 aromatic carbocycles. The van der Waals surface area contributed by atoms with Crippen LogP contribution in [-0.4, -0.2) is 30.3 Å². The van der Waals surface area contributed by atoms with Gasteiger partial charge in [0.1, 0.15) is 5.60 Å². The highest BCUT2D eigenvalue weighted by molar-refractivity contribution is 5.04. The zero-order valence-corrected chi connectivity index (χ0v) is 10.8. The van der Waals surface area contributed by atoms with Crippen LogP contribution < -0.4 is 5.32 Å². The van der Waals surface area contributed by atoms with Crippen molar-refractivity contribution in [2.75, 3.05) is 14.2 Å². The molecule has 1 atom stereocenters. The van der Waals surface area contributed by atoms with Crippen molar-refractivity contribution in [3.63, 3.8) is 0 Å². The van der Waals surface area contributed by atoms with Gasteiger partial charge in [-0.15, -0.1) is 0 Å². The first kappa shape index (κ1) is 12.5. The van der Waals surface area contributed by atoms with Gasteiger partial charge < -0.3 is 14.6 Å². The number of aromatic nitrogens is 2. The summed E-state index contributed by atoms with van der Waals surface area (Å²) >= 11 is 0. The number of nitrogens with zero attached hydrogens (tertiary/aromatic N) is 2. The number of nitrogens with one attached hydrogen (secondary N) is 1. The lowest BCUT2D eigenvalue weighted by Gasteiger charge is -2.22. The Hall–Kier alpha value is -0.940. The maximum absolute atomic E-state index is 5.63. The van der Waals surface area contributed by atoms with Crippen LogP contribution in [0.15, 0.2) is 4.52 Å². The van der Waals surface area contributed by atoms with Gasteiger partial charge in [0.15, 0.2) is 0 Å². The van der Waals surface area contributed by atoms with Crippen LogP contribution in [0.2, 0.25) is 0 Å². The second-order valence-corrected chi connectivity index (χ2v) is 4.81. The van der Waals surface area contributed by atoms with E-state index in [-0.39, 0.29) is 5.60 Å². The Morgan fingerprint density at radius 1 is 1.47 bits per heavy atom. The fourth-order valence-corrected chi connectivity index (χ4v) is 2.35. The quantitative estimate of drug-likeness (QED) is 0.846. The Morgan fingerprint density at radius 2 is 2.18 bits per heavy atom. The molecule has 0 bridgehead atoms. The minimum atomic E-state index is -0.301. The third-order valence-electron chi connectivity index (χ3n) is 3.65. The lowest BCUT2D eigenvalue weighted by Crippen LogP contribution is -2.26. The van der Waals surface area contributed by atoms with Gasteiger partial charge >= 0.3 is 0 Å². The van der Waals surface area contributed by atoms with Gasteiger partial charge in [-0.1, -0.05) is 5.16 Å². The van der Waals surface area contributed by atoms with Crippen molar-refractivity contribution in [3.8, 4) is 0 Å². The van der Waals surface area contributed by atoms with E-state index in [0.29, 0.717) is 11.9 Å². The topological polar surface area (TPSA) is 60.2 Å². The van der Waals surface area contributed by atoms with E-state index in [9.17, 15) is 0 Å². The molecule has 2 rings (SSSR count). The van der Waals surface area contributed by atoms with Crippen molar-refractivity contribution in [3.05, 3.63) is 11.7 Å². The van der Waals surface area contributed by atoms with Gasteiger partial charge in [-0.05, 0) is 39.7 Å². The van der Waals surface area contributed by atoms with Gasteiger partial charge in [0, 0.05) is 19.6 Å². The van der Waals surface area contributed by atoms with Gasteiger partial charge in [0.25, 0.3) is 0 Å². The molecule has 1 aliphatic carbocycles. The van der Waals surface area contributed by atoms with E-state index < -0.39 is 0 Å². The average molecular weight is 239 g/mol. The Bertz CT molecular complexity index is 358. The summed E-state index contributed by atoms with van der Waals surface area (Å²) in [4.78, 5) is 4.48. The predicted octanol–water partition coefficient (Wildman–Crippen LogP) is 1.64. The summed E-state index contributed by atoms with van der Waals surface area (Å²) in [7, 11) is 3.66. The molecule has 1 N–H and O–H groups in total. The maximum Gasteiger partial charge on any atom is 0.228 e. The largest absolute Gasteiger partial charge is 0.370 e. The molecule has 0 amide bonds. The molecule has 1 aromatic heterocycles. The highest BCUT2D eigenvalue weighted by atomic mass is 16.5. The second kappa shape index (κ2) is 5.14. The van der Waals surface area contributed by atoms with Crippen molar-refractivity contribution < 1.29 is 9.26 Å². The van der Waals surface area contributed by atoms with E-state index >= 15 is 0 Å². The van der Waals surface area contributed by atoms with E-state index in [2.05, 4.69) is 22.4 Å². The van der Waals surface area contributed by atoms with Gasteiger partial charge in [0.2, 0.25) is 11.7 Å². The summed E-state index contributed by atoms with van der Waals surface area (Å²) in [5.74, 6) is 1.40. The lowest BCUT2D eigenvalue weighted by atomic mass is 10.0. The molecule has 0 radical (unpaired) electrons. The first-order valence-electron chi connectivity index (χ1n) is 6.25. The monoisotopic (exact) mass is 239 g/mol. The van der Waals surface area contributed by atoms with Crippen LogP contribution in [0.25, 0.3) is 0 Å². The normalized spacial score (nSPS) is 20.6. The highest BCUT2D eigenvalue weighted by Gasteiger charge is 2.40. The number of hydrogen-bond donors (Lipinski definition) is 1. The molecule has 0 aliphatic heterocycles. The smallest absolute Gasteiger partial charge is 0.228 e.